The summed E-state index contributed by atoms with van der Waals surface area (Å²) < 4.78 is 0. The van der Waals surface area contributed by atoms with Crippen molar-refractivity contribution in [3.8, 4) is 0 Å². The molecular weight excluding hydrogens is 322 g/mol. The summed E-state index contributed by atoms with van der Waals surface area (Å²) in [6, 6.07) is 27.1. The molecule has 26 heavy (non-hydrogen) atoms. The van der Waals surface area contributed by atoms with Crippen molar-refractivity contribution in [3.63, 3.8) is 0 Å². The van der Waals surface area contributed by atoms with Crippen LogP contribution in [0.25, 0.3) is 11.1 Å². The van der Waals surface area contributed by atoms with Gasteiger partial charge in [0.05, 0.1) is 12.0 Å². The maximum absolute atomic E-state index is 13.0. The van der Waals surface area contributed by atoms with Gasteiger partial charge in [0.2, 0.25) is 5.91 Å². The Balaban J connectivity index is 2.11. The van der Waals surface area contributed by atoms with Crippen molar-refractivity contribution in [2.75, 3.05) is 0 Å². The van der Waals surface area contributed by atoms with E-state index in [1.54, 1.807) is 0 Å². The van der Waals surface area contributed by atoms with Gasteiger partial charge in [-0.1, -0.05) is 84.9 Å². The number of hydrogen-bond donors (Lipinski definition) is 1. The van der Waals surface area contributed by atoms with E-state index in [0.717, 1.165) is 27.8 Å². The molecule has 3 aromatic rings. The minimum atomic E-state index is -0.366. The Morgan fingerprint density at radius 2 is 1.15 bits per heavy atom. The Labute approximate surface area is 152 Å². The summed E-state index contributed by atoms with van der Waals surface area (Å²) in [5.41, 5.74) is 4.91. The molecule has 0 radical (unpaired) electrons. The van der Waals surface area contributed by atoms with Crippen LogP contribution in [0.15, 0.2) is 84.9 Å². The van der Waals surface area contributed by atoms with Gasteiger partial charge in [-0.3, -0.25) is 14.9 Å². The average Bonchev–Trinajstić information content (AvgIpc) is 2.67. The van der Waals surface area contributed by atoms with Gasteiger partial charge < -0.3 is 0 Å². The number of imide groups is 1. The second-order valence-corrected chi connectivity index (χ2v) is 6.19. The molecule has 0 fully saturated rings. The summed E-state index contributed by atoms with van der Waals surface area (Å²) >= 11 is 0. The third-order valence-electron chi connectivity index (χ3n) is 4.49. The minimum Gasteiger partial charge on any atom is -0.292 e. The minimum absolute atomic E-state index is 0.181. The van der Waals surface area contributed by atoms with Crippen LogP contribution in [0.1, 0.15) is 22.3 Å². The van der Waals surface area contributed by atoms with E-state index in [1.807, 2.05) is 84.9 Å². The lowest BCUT2D eigenvalue weighted by atomic mass is 9.85. The molecular formula is C23H17NO2. The number of nitrogens with one attached hydrogen (secondary N) is 1. The zero-order valence-electron chi connectivity index (χ0n) is 14.1. The number of amides is 2. The lowest BCUT2D eigenvalue weighted by Crippen LogP contribution is -2.34. The Bertz CT molecular complexity index is 1000. The van der Waals surface area contributed by atoms with Crippen LogP contribution in [0.4, 0.5) is 0 Å². The van der Waals surface area contributed by atoms with E-state index < -0.39 is 0 Å². The molecule has 3 nitrogen and oxygen atoms in total. The zero-order chi connectivity index (χ0) is 17.9. The average molecular weight is 339 g/mol. The van der Waals surface area contributed by atoms with Crippen molar-refractivity contribution >= 4 is 23.0 Å². The van der Waals surface area contributed by atoms with Crippen molar-refractivity contribution < 1.29 is 9.59 Å². The van der Waals surface area contributed by atoms with E-state index in [9.17, 15) is 9.59 Å². The van der Waals surface area contributed by atoms with Crippen LogP contribution < -0.4 is 5.32 Å². The molecule has 0 unspecified atom stereocenters. The fourth-order valence-corrected chi connectivity index (χ4v) is 3.36. The Kier molecular flexibility index (Phi) is 4.20. The molecule has 1 heterocycles. The quantitative estimate of drug-likeness (QED) is 0.721. The number of carbonyl (C=O) groups is 2. The van der Waals surface area contributed by atoms with Crippen LogP contribution in [-0.4, -0.2) is 11.8 Å². The molecule has 0 saturated carbocycles. The Morgan fingerprint density at radius 3 is 1.81 bits per heavy atom. The van der Waals surface area contributed by atoms with Gasteiger partial charge in [0.25, 0.3) is 5.91 Å². The highest BCUT2D eigenvalue weighted by molar-refractivity contribution is 6.32. The molecule has 1 aliphatic rings. The van der Waals surface area contributed by atoms with Gasteiger partial charge in [-0.25, -0.2) is 0 Å². The fourth-order valence-electron chi connectivity index (χ4n) is 3.36. The Hall–Kier alpha value is -3.46. The van der Waals surface area contributed by atoms with Gasteiger partial charge >= 0.3 is 0 Å². The lowest BCUT2D eigenvalue weighted by Gasteiger charge is -2.21. The zero-order valence-corrected chi connectivity index (χ0v) is 14.1. The van der Waals surface area contributed by atoms with Gasteiger partial charge in [0.1, 0.15) is 0 Å². The van der Waals surface area contributed by atoms with E-state index in [-0.39, 0.29) is 18.2 Å². The van der Waals surface area contributed by atoms with Crippen LogP contribution in [0, 0.1) is 0 Å². The van der Waals surface area contributed by atoms with Crippen molar-refractivity contribution in [2.45, 2.75) is 6.42 Å². The van der Waals surface area contributed by atoms with Gasteiger partial charge in [0, 0.05) is 5.57 Å². The summed E-state index contributed by atoms with van der Waals surface area (Å²) in [5.74, 6) is -0.655. The van der Waals surface area contributed by atoms with Crippen molar-refractivity contribution in [1.82, 2.24) is 5.32 Å². The first kappa shape index (κ1) is 16.0. The van der Waals surface area contributed by atoms with Crippen LogP contribution in [0.5, 0.6) is 0 Å². The van der Waals surface area contributed by atoms with Crippen LogP contribution in [0.3, 0.4) is 0 Å². The highest BCUT2D eigenvalue weighted by atomic mass is 16.2. The number of carbonyl (C=O) groups excluding carboxylic acids is 2. The summed E-state index contributed by atoms with van der Waals surface area (Å²) in [6.45, 7) is 0. The third kappa shape index (κ3) is 2.95. The monoisotopic (exact) mass is 339 g/mol. The molecule has 0 saturated heterocycles. The molecule has 0 aromatic heterocycles. The van der Waals surface area contributed by atoms with Crippen LogP contribution in [0.2, 0.25) is 0 Å². The van der Waals surface area contributed by atoms with E-state index in [4.69, 9.17) is 0 Å². The highest BCUT2D eigenvalue weighted by Crippen LogP contribution is 2.35. The first-order chi connectivity index (χ1) is 12.7. The summed E-state index contributed by atoms with van der Waals surface area (Å²) in [6.07, 6.45) is 0.181. The van der Waals surface area contributed by atoms with E-state index in [1.165, 1.54) is 0 Å². The van der Waals surface area contributed by atoms with E-state index in [2.05, 4.69) is 5.32 Å². The molecule has 1 N–H and O–H groups in total. The standard InChI is InChI=1S/C23H17NO2/c25-20-15-18-13-7-8-14-19(18)21(16-9-3-1-4-10-16)22(23(26)24-20)17-11-5-2-6-12-17/h1-14H,15H2,(H,24,25,26)/b22-21-. The van der Waals surface area contributed by atoms with Crippen molar-refractivity contribution in [3.05, 3.63) is 107 Å². The van der Waals surface area contributed by atoms with Gasteiger partial charge in [-0.05, 0) is 22.3 Å². The molecule has 126 valence electrons. The topological polar surface area (TPSA) is 46.2 Å². The fraction of sp³-hybridized carbons (Fsp3) is 0.0435. The summed E-state index contributed by atoms with van der Waals surface area (Å²) in [5, 5.41) is 2.54. The van der Waals surface area contributed by atoms with Crippen LogP contribution >= 0.6 is 0 Å². The van der Waals surface area contributed by atoms with Crippen LogP contribution in [-0.2, 0) is 16.0 Å². The predicted octanol–water partition coefficient (Wildman–Crippen LogP) is 3.84. The molecule has 0 atom stereocenters. The molecule has 3 heteroatoms. The molecule has 4 rings (SSSR count). The second-order valence-electron chi connectivity index (χ2n) is 6.19. The molecule has 3 aromatic carbocycles. The normalized spacial score (nSPS) is 17.1. The number of hydrogen-bond acceptors (Lipinski definition) is 2. The van der Waals surface area contributed by atoms with Gasteiger partial charge in [-0.2, -0.15) is 0 Å². The summed E-state index contributed by atoms with van der Waals surface area (Å²) in [4.78, 5) is 25.3. The maximum Gasteiger partial charge on any atom is 0.259 e. The first-order valence-electron chi connectivity index (χ1n) is 8.51. The van der Waals surface area contributed by atoms with Crippen molar-refractivity contribution in [1.29, 1.82) is 0 Å². The first-order valence-corrected chi connectivity index (χ1v) is 8.51. The smallest absolute Gasteiger partial charge is 0.259 e. The number of fused-ring (bicyclic) bond motifs is 1. The predicted molar refractivity (Wildman–Crippen MR) is 102 cm³/mol. The lowest BCUT2D eigenvalue weighted by molar-refractivity contribution is -0.127. The van der Waals surface area contributed by atoms with E-state index in [0.29, 0.717) is 5.57 Å². The third-order valence-corrected chi connectivity index (χ3v) is 4.49. The largest absolute Gasteiger partial charge is 0.292 e. The molecule has 0 spiro atoms. The number of rotatable bonds is 2. The SMILES string of the molecule is O=C1Cc2ccccc2/C(c2ccccc2)=C(/c2ccccc2)C(=O)N1. The molecule has 0 bridgehead atoms. The second kappa shape index (κ2) is 6.81. The number of benzene rings is 3. The van der Waals surface area contributed by atoms with Gasteiger partial charge in [0.15, 0.2) is 0 Å². The molecule has 0 aliphatic carbocycles. The van der Waals surface area contributed by atoms with Crippen molar-refractivity contribution in [2.24, 2.45) is 0 Å². The maximum atomic E-state index is 13.0. The summed E-state index contributed by atoms with van der Waals surface area (Å²) in [7, 11) is 0. The van der Waals surface area contributed by atoms with E-state index >= 15 is 0 Å². The highest BCUT2D eigenvalue weighted by Gasteiger charge is 2.26. The molecule has 2 amide bonds. The Morgan fingerprint density at radius 1 is 0.615 bits per heavy atom. The van der Waals surface area contributed by atoms with Gasteiger partial charge in [-0.15, -0.1) is 0 Å². The molecule has 1 aliphatic heterocycles.